The fourth-order valence-electron chi connectivity index (χ4n) is 1.68. The summed E-state index contributed by atoms with van der Waals surface area (Å²) in [5.41, 5.74) is 1.29. The maximum absolute atomic E-state index is 12.2. The van der Waals surface area contributed by atoms with Crippen LogP contribution < -0.4 is 5.32 Å². The van der Waals surface area contributed by atoms with Crippen LogP contribution in [0.2, 0.25) is 0 Å². The van der Waals surface area contributed by atoms with Crippen molar-refractivity contribution in [3.63, 3.8) is 0 Å². The quantitative estimate of drug-likeness (QED) is 0.867. The summed E-state index contributed by atoms with van der Waals surface area (Å²) in [6, 6.07) is 0. The van der Waals surface area contributed by atoms with E-state index in [9.17, 15) is 4.79 Å². The molecule has 100 valence electrons. The molecule has 2 aromatic heterocycles. The van der Waals surface area contributed by atoms with Crippen molar-refractivity contribution in [1.82, 2.24) is 24.6 Å². The van der Waals surface area contributed by atoms with Gasteiger partial charge >= 0.3 is 0 Å². The van der Waals surface area contributed by atoms with E-state index in [0.717, 1.165) is 5.56 Å². The first kappa shape index (κ1) is 13.0. The fraction of sp³-hybridized carbons (Fsp3) is 0.333. The van der Waals surface area contributed by atoms with Gasteiger partial charge in [0.25, 0.3) is 5.91 Å². The number of carbonyl (C=O) groups excluding carboxylic acids is 1. The van der Waals surface area contributed by atoms with E-state index in [1.807, 2.05) is 13.2 Å². The van der Waals surface area contributed by atoms with Gasteiger partial charge in [-0.05, 0) is 0 Å². The standard InChI is InChI=1S/C12H16N6O/c1-13-11-6-14-5-10(16-11)12(19)17(2)7-9-4-15-18(3)8-9/h4-6,8H,7H2,1-3H3,(H,13,16). The lowest BCUT2D eigenvalue weighted by atomic mass is 10.3. The molecule has 1 N–H and O–H groups in total. The lowest BCUT2D eigenvalue weighted by molar-refractivity contribution is 0.0779. The van der Waals surface area contributed by atoms with Crippen molar-refractivity contribution in [3.8, 4) is 0 Å². The molecule has 0 aliphatic carbocycles. The smallest absolute Gasteiger partial charge is 0.274 e. The summed E-state index contributed by atoms with van der Waals surface area (Å²) in [5, 5.41) is 6.93. The van der Waals surface area contributed by atoms with E-state index in [0.29, 0.717) is 18.1 Å². The Kier molecular flexibility index (Phi) is 3.74. The van der Waals surface area contributed by atoms with Crippen molar-refractivity contribution >= 4 is 11.7 Å². The van der Waals surface area contributed by atoms with Crippen molar-refractivity contribution in [2.45, 2.75) is 6.54 Å². The molecule has 0 fully saturated rings. The highest BCUT2D eigenvalue weighted by Gasteiger charge is 2.15. The van der Waals surface area contributed by atoms with Crippen LogP contribution in [0.4, 0.5) is 5.82 Å². The number of aromatic nitrogens is 4. The predicted molar refractivity (Wildman–Crippen MR) is 70.6 cm³/mol. The molecule has 0 aliphatic heterocycles. The SMILES string of the molecule is CNc1cncc(C(=O)N(C)Cc2cnn(C)c2)n1. The largest absolute Gasteiger partial charge is 0.372 e. The molecule has 2 aromatic rings. The highest BCUT2D eigenvalue weighted by molar-refractivity contribution is 5.92. The second kappa shape index (κ2) is 5.47. The van der Waals surface area contributed by atoms with Crippen LogP contribution in [-0.2, 0) is 13.6 Å². The number of hydrogen-bond donors (Lipinski definition) is 1. The number of anilines is 1. The molecular weight excluding hydrogens is 244 g/mol. The number of nitrogens with zero attached hydrogens (tertiary/aromatic N) is 5. The van der Waals surface area contributed by atoms with Gasteiger partial charge < -0.3 is 10.2 Å². The van der Waals surface area contributed by atoms with Gasteiger partial charge in [-0.1, -0.05) is 0 Å². The van der Waals surface area contributed by atoms with E-state index in [4.69, 9.17) is 0 Å². The Morgan fingerprint density at radius 1 is 1.42 bits per heavy atom. The maximum atomic E-state index is 12.2. The summed E-state index contributed by atoms with van der Waals surface area (Å²) in [7, 11) is 5.30. The first-order valence-electron chi connectivity index (χ1n) is 5.83. The Balaban J connectivity index is 2.09. The van der Waals surface area contributed by atoms with Gasteiger partial charge in [0, 0.05) is 39.4 Å². The monoisotopic (exact) mass is 260 g/mol. The molecule has 0 saturated heterocycles. The van der Waals surface area contributed by atoms with Gasteiger partial charge in [-0.2, -0.15) is 5.10 Å². The highest BCUT2D eigenvalue weighted by Crippen LogP contribution is 2.07. The third-order valence-electron chi connectivity index (χ3n) is 2.63. The van der Waals surface area contributed by atoms with E-state index in [1.54, 1.807) is 36.1 Å². The van der Waals surface area contributed by atoms with Gasteiger partial charge in [0.15, 0.2) is 0 Å². The van der Waals surface area contributed by atoms with E-state index >= 15 is 0 Å². The number of nitrogens with one attached hydrogen (secondary N) is 1. The zero-order valence-electron chi connectivity index (χ0n) is 11.2. The van der Waals surface area contributed by atoms with Crippen molar-refractivity contribution in [2.75, 3.05) is 19.4 Å². The average molecular weight is 260 g/mol. The van der Waals surface area contributed by atoms with Crippen molar-refractivity contribution in [2.24, 2.45) is 7.05 Å². The number of hydrogen-bond acceptors (Lipinski definition) is 5. The van der Waals surface area contributed by atoms with E-state index in [-0.39, 0.29) is 5.91 Å². The second-order valence-electron chi connectivity index (χ2n) is 4.22. The number of carbonyl (C=O) groups is 1. The third-order valence-corrected chi connectivity index (χ3v) is 2.63. The number of rotatable bonds is 4. The molecule has 0 unspecified atom stereocenters. The van der Waals surface area contributed by atoms with Crippen LogP contribution in [0, 0.1) is 0 Å². The first-order valence-corrected chi connectivity index (χ1v) is 5.83. The summed E-state index contributed by atoms with van der Waals surface area (Å²) >= 11 is 0. The normalized spacial score (nSPS) is 10.3. The Hall–Kier alpha value is -2.44. The summed E-state index contributed by atoms with van der Waals surface area (Å²) in [4.78, 5) is 21.9. The Morgan fingerprint density at radius 2 is 2.21 bits per heavy atom. The van der Waals surface area contributed by atoms with Gasteiger partial charge in [-0.25, -0.2) is 4.98 Å². The van der Waals surface area contributed by atoms with Gasteiger partial charge in [0.05, 0.1) is 18.6 Å². The molecule has 0 bridgehead atoms. The molecule has 0 radical (unpaired) electrons. The summed E-state index contributed by atoms with van der Waals surface area (Å²) < 4.78 is 1.70. The molecule has 0 saturated carbocycles. The maximum Gasteiger partial charge on any atom is 0.274 e. The predicted octanol–water partition coefficient (Wildman–Crippen LogP) is 0.524. The van der Waals surface area contributed by atoms with Crippen LogP contribution in [0.3, 0.4) is 0 Å². The molecule has 1 amide bonds. The Morgan fingerprint density at radius 3 is 2.84 bits per heavy atom. The van der Waals surface area contributed by atoms with Crippen LogP contribution in [0.5, 0.6) is 0 Å². The lowest BCUT2D eigenvalue weighted by Crippen LogP contribution is -2.27. The molecule has 0 aliphatic rings. The molecule has 0 spiro atoms. The summed E-state index contributed by atoms with van der Waals surface area (Å²) in [5.74, 6) is 0.397. The van der Waals surface area contributed by atoms with E-state index < -0.39 is 0 Å². The van der Waals surface area contributed by atoms with E-state index in [1.165, 1.54) is 6.20 Å². The molecule has 7 heteroatoms. The number of amides is 1. The lowest BCUT2D eigenvalue weighted by Gasteiger charge is -2.15. The van der Waals surface area contributed by atoms with Crippen LogP contribution >= 0.6 is 0 Å². The minimum atomic E-state index is -0.173. The minimum Gasteiger partial charge on any atom is -0.372 e. The fourth-order valence-corrected chi connectivity index (χ4v) is 1.68. The molecule has 7 nitrogen and oxygen atoms in total. The second-order valence-corrected chi connectivity index (χ2v) is 4.22. The van der Waals surface area contributed by atoms with Gasteiger partial charge in [-0.3, -0.25) is 14.5 Å². The van der Waals surface area contributed by atoms with Gasteiger partial charge in [0.2, 0.25) is 0 Å². The van der Waals surface area contributed by atoms with Gasteiger partial charge in [0.1, 0.15) is 11.5 Å². The average Bonchev–Trinajstić information content (AvgIpc) is 2.83. The third kappa shape index (κ3) is 3.06. The number of aryl methyl sites for hydroxylation is 1. The van der Waals surface area contributed by atoms with Crippen molar-refractivity contribution < 1.29 is 4.79 Å². The first-order chi connectivity index (χ1) is 9.10. The highest BCUT2D eigenvalue weighted by atomic mass is 16.2. The van der Waals surface area contributed by atoms with Crippen LogP contribution in [-0.4, -0.2) is 44.7 Å². The molecule has 0 atom stereocenters. The van der Waals surface area contributed by atoms with Crippen molar-refractivity contribution in [3.05, 3.63) is 36.0 Å². The van der Waals surface area contributed by atoms with Gasteiger partial charge in [-0.15, -0.1) is 0 Å². The summed E-state index contributed by atoms with van der Waals surface area (Å²) in [6.45, 7) is 0.484. The molecule has 19 heavy (non-hydrogen) atoms. The molecule has 2 rings (SSSR count). The van der Waals surface area contributed by atoms with Crippen molar-refractivity contribution in [1.29, 1.82) is 0 Å². The van der Waals surface area contributed by atoms with Crippen LogP contribution in [0.25, 0.3) is 0 Å². The van der Waals surface area contributed by atoms with Crippen LogP contribution in [0.1, 0.15) is 16.1 Å². The molecule has 0 aromatic carbocycles. The molecule has 2 heterocycles. The molecular formula is C12H16N6O. The zero-order valence-corrected chi connectivity index (χ0v) is 11.2. The van der Waals surface area contributed by atoms with Crippen LogP contribution in [0.15, 0.2) is 24.8 Å². The summed E-state index contributed by atoms with van der Waals surface area (Å²) in [6.07, 6.45) is 6.64. The topological polar surface area (TPSA) is 75.9 Å². The van der Waals surface area contributed by atoms with E-state index in [2.05, 4.69) is 20.4 Å². The Labute approximate surface area is 111 Å². The minimum absolute atomic E-state index is 0.173. The Bertz CT molecular complexity index is 579. The zero-order chi connectivity index (χ0) is 13.8.